The van der Waals surface area contributed by atoms with Crippen molar-refractivity contribution in [1.29, 1.82) is 0 Å². The van der Waals surface area contributed by atoms with Gasteiger partial charge in [-0.2, -0.15) is 4.37 Å². The fourth-order valence-corrected chi connectivity index (χ4v) is 4.35. The topological polar surface area (TPSA) is 61.8 Å². The molecule has 3 aromatic rings. The number of methoxy groups -OCH3 is 1. The maximum Gasteiger partial charge on any atom is 0.242 e. The average molecular weight is 438 g/mol. The van der Waals surface area contributed by atoms with Gasteiger partial charge >= 0.3 is 0 Å². The zero-order valence-electron chi connectivity index (χ0n) is 17.9. The molecule has 162 valence electrons. The highest BCUT2D eigenvalue weighted by molar-refractivity contribution is 7.09. The lowest BCUT2D eigenvalue weighted by atomic mass is 10.1. The summed E-state index contributed by atoms with van der Waals surface area (Å²) in [5.41, 5.74) is 2.26. The Hall–Kier alpha value is -3.13. The summed E-state index contributed by atoms with van der Waals surface area (Å²) >= 11 is 1.34. The summed E-state index contributed by atoms with van der Waals surface area (Å²) < 4.78 is 9.93. The Morgan fingerprint density at radius 2 is 1.77 bits per heavy atom. The molecule has 4 rings (SSSR count). The van der Waals surface area contributed by atoms with E-state index in [1.54, 1.807) is 7.11 Å². The van der Waals surface area contributed by atoms with Crippen molar-refractivity contribution in [3.63, 3.8) is 0 Å². The van der Waals surface area contributed by atoms with Crippen molar-refractivity contribution in [2.45, 2.75) is 6.42 Å². The summed E-state index contributed by atoms with van der Waals surface area (Å²) in [5.74, 6) is 1.77. The number of amides is 1. The molecule has 1 aliphatic rings. The van der Waals surface area contributed by atoms with Crippen molar-refractivity contribution in [1.82, 2.24) is 14.3 Å². The lowest BCUT2D eigenvalue weighted by molar-refractivity contribution is -0.129. The lowest BCUT2D eigenvalue weighted by Gasteiger charge is -2.37. The van der Waals surface area contributed by atoms with Crippen LogP contribution in [0.3, 0.4) is 0 Å². The molecule has 1 saturated heterocycles. The molecule has 1 amide bonds. The Bertz CT molecular complexity index is 1000. The van der Waals surface area contributed by atoms with Gasteiger partial charge in [-0.15, -0.1) is 0 Å². The van der Waals surface area contributed by atoms with Crippen molar-refractivity contribution in [3.05, 3.63) is 66.0 Å². The van der Waals surface area contributed by atoms with Crippen LogP contribution in [0.4, 0.5) is 10.8 Å². The molecule has 0 radical (unpaired) electrons. The van der Waals surface area contributed by atoms with Gasteiger partial charge in [0.2, 0.25) is 11.0 Å². The quantitative estimate of drug-likeness (QED) is 0.566. The summed E-state index contributed by atoms with van der Waals surface area (Å²) in [5, 5.41) is 0.770. The van der Waals surface area contributed by atoms with Gasteiger partial charge in [0.15, 0.2) is 0 Å². The monoisotopic (exact) mass is 437 g/mol. The maximum absolute atomic E-state index is 12.8. The molecule has 0 aliphatic carbocycles. The van der Waals surface area contributed by atoms with E-state index in [1.807, 2.05) is 53.2 Å². The number of likely N-dealkylation sites (N-methyl/N-ethyl adjacent to an activating group) is 1. The van der Waals surface area contributed by atoms with E-state index in [1.165, 1.54) is 17.1 Å². The largest absolute Gasteiger partial charge is 0.495 e. The van der Waals surface area contributed by atoms with Crippen LogP contribution >= 0.6 is 11.5 Å². The number of rotatable bonds is 7. The average Bonchev–Trinajstić information content (AvgIpc) is 3.28. The van der Waals surface area contributed by atoms with Crippen LogP contribution in [0.1, 0.15) is 11.4 Å². The van der Waals surface area contributed by atoms with Crippen LogP contribution < -0.4 is 14.5 Å². The molecule has 0 atom stereocenters. The number of para-hydroxylation sites is 2. The summed E-state index contributed by atoms with van der Waals surface area (Å²) in [6.45, 7) is 3.26. The van der Waals surface area contributed by atoms with Gasteiger partial charge in [-0.05, 0) is 17.7 Å². The first kappa shape index (κ1) is 21.1. The highest BCUT2D eigenvalue weighted by Crippen LogP contribution is 2.28. The number of hydrogen-bond donors (Lipinski definition) is 0. The summed E-state index contributed by atoms with van der Waals surface area (Å²) in [4.78, 5) is 23.5. The third kappa shape index (κ3) is 5.14. The molecule has 1 fully saturated rings. The van der Waals surface area contributed by atoms with Crippen molar-refractivity contribution < 1.29 is 9.53 Å². The van der Waals surface area contributed by atoms with Crippen LogP contribution in [0.2, 0.25) is 0 Å². The van der Waals surface area contributed by atoms with Crippen LogP contribution in [0.25, 0.3) is 0 Å². The zero-order chi connectivity index (χ0) is 21.6. The molecule has 1 aliphatic heterocycles. The van der Waals surface area contributed by atoms with Crippen molar-refractivity contribution in [2.24, 2.45) is 0 Å². The number of ether oxygens (including phenoxy) is 1. The fraction of sp³-hybridized carbons (Fsp3) is 0.348. The van der Waals surface area contributed by atoms with Gasteiger partial charge in [0.25, 0.3) is 0 Å². The smallest absolute Gasteiger partial charge is 0.242 e. The van der Waals surface area contributed by atoms with E-state index >= 15 is 0 Å². The maximum atomic E-state index is 12.8. The number of nitrogens with zero attached hydrogens (tertiary/aromatic N) is 5. The number of hydrogen-bond acceptors (Lipinski definition) is 7. The van der Waals surface area contributed by atoms with Crippen molar-refractivity contribution in [2.75, 3.05) is 56.7 Å². The molecule has 0 spiro atoms. The lowest BCUT2D eigenvalue weighted by Crippen LogP contribution is -2.51. The van der Waals surface area contributed by atoms with Crippen LogP contribution in [0.15, 0.2) is 54.6 Å². The standard InChI is InChI=1S/C23H27N5O2S/c1-26(23-24-21(25-31-23)16-18-8-4-3-5-9-18)17-22(29)28-14-12-27(13-15-28)19-10-6-7-11-20(19)30-2/h3-11H,12-17H2,1-2H3. The molecule has 1 aromatic heterocycles. The molecule has 0 N–H and O–H groups in total. The molecule has 0 unspecified atom stereocenters. The SMILES string of the molecule is COc1ccccc1N1CCN(C(=O)CN(C)c2nc(Cc3ccccc3)ns2)CC1. The van der Waals surface area contributed by atoms with E-state index in [0.717, 1.165) is 35.5 Å². The molecule has 0 bridgehead atoms. The molecule has 7 nitrogen and oxygen atoms in total. The van der Waals surface area contributed by atoms with Crippen LogP contribution in [0.5, 0.6) is 5.75 Å². The molecule has 8 heteroatoms. The van der Waals surface area contributed by atoms with Gasteiger partial charge in [0.05, 0.1) is 19.3 Å². The number of benzene rings is 2. The molecular formula is C23H27N5O2S. The van der Waals surface area contributed by atoms with E-state index in [2.05, 4.69) is 32.5 Å². The second-order valence-corrected chi connectivity index (χ2v) is 8.28. The number of anilines is 2. The molecule has 2 aromatic carbocycles. The number of aromatic nitrogens is 2. The summed E-state index contributed by atoms with van der Waals surface area (Å²) in [6.07, 6.45) is 0.698. The van der Waals surface area contributed by atoms with Gasteiger partial charge in [-0.25, -0.2) is 4.98 Å². The third-order valence-electron chi connectivity index (χ3n) is 5.42. The van der Waals surface area contributed by atoms with E-state index in [9.17, 15) is 4.79 Å². The van der Waals surface area contributed by atoms with Gasteiger partial charge in [0.1, 0.15) is 11.6 Å². The van der Waals surface area contributed by atoms with E-state index in [-0.39, 0.29) is 5.91 Å². The fourth-order valence-electron chi connectivity index (χ4n) is 3.71. The molecular weight excluding hydrogens is 410 g/mol. The third-order valence-corrected chi connectivity index (χ3v) is 6.29. The Morgan fingerprint density at radius 3 is 2.52 bits per heavy atom. The normalized spacial score (nSPS) is 13.9. The number of carbonyl (C=O) groups is 1. The van der Waals surface area contributed by atoms with Crippen LogP contribution in [0, 0.1) is 0 Å². The van der Waals surface area contributed by atoms with Crippen LogP contribution in [-0.4, -0.2) is 67.0 Å². The zero-order valence-corrected chi connectivity index (χ0v) is 18.7. The molecule has 0 saturated carbocycles. The summed E-state index contributed by atoms with van der Waals surface area (Å²) in [7, 11) is 3.59. The molecule has 31 heavy (non-hydrogen) atoms. The second-order valence-electron chi connectivity index (χ2n) is 7.55. The summed E-state index contributed by atoms with van der Waals surface area (Å²) in [6, 6.07) is 18.2. The first-order chi connectivity index (χ1) is 15.1. The van der Waals surface area contributed by atoms with Gasteiger partial charge < -0.3 is 19.4 Å². The number of carbonyl (C=O) groups excluding carboxylic acids is 1. The minimum atomic E-state index is 0.113. The van der Waals surface area contributed by atoms with Crippen molar-refractivity contribution >= 4 is 28.3 Å². The van der Waals surface area contributed by atoms with Gasteiger partial charge in [-0.1, -0.05) is 42.5 Å². The Balaban J connectivity index is 1.30. The first-order valence-corrected chi connectivity index (χ1v) is 11.1. The van der Waals surface area contributed by atoms with Gasteiger partial charge in [0, 0.05) is 51.2 Å². The number of piperazine rings is 1. The highest BCUT2D eigenvalue weighted by atomic mass is 32.1. The van der Waals surface area contributed by atoms with E-state index < -0.39 is 0 Å². The van der Waals surface area contributed by atoms with Gasteiger partial charge in [-0.3, -0.25) is 4.79 Å². The Kier molecular flexibility index (Phi) is 6.66. The van der Waals surface area contributed by atoms with E-state index in [0.29, 0.717) is 26.1 Å². The Labute approximate surface area is 187 Å². The van der Waals surface area contributed by atoms with Crippen LogP contribution in [-0.2, 0) is 11.2 Å². The minimum Gasteiger partial charge on any atom is -0.495 e. The predicted molar refractivity (Wildman–Crippen MR) is 124 cm³/mol. The minimum absolute atomic E-state index is 0.113. The Morgan fingerprint density at radius 1 is 1.06 bits per heavy atom. The predicted octanol–water partition coefficient (Wildman–Crippen LogP) is 2.92. The molecule has 2 heterocycles. The second kappa shape index (κ2) is 9.78. The van der Waals surface area contributed by atoms with E-state index in [4.69, 9.17) is 4.74 Å². The highest BCUT2D eigenvalue weighted by Gasteiger charge is 2.24. The van der Waals surface area contributed by atoms with Crippen molar-refractivity contribution in [3.8, 4) is 5.75 Å². The first-order valence-electron chi connectivity index (χ1n) is 10.4.